The van der Waals surface area contributed by atoms with Crippen molar-refractivity contribution < 1.29 is 17.7 Å². The van der Waals surface area contributed by atoms with E-state index in [-0.39, 0.29) is 5.41 Å². The van der Waals surface area contributed by atoms with Crippen LogP contribution in [0.15, 0.2) is 436 Å². The number of furan rings is 4. The maximum atomic E-state index is 6.47. The third-order valence-corrected chi connectivity index (χ3v) is 30.9. The van der Waals surface area contributed by atoms with Crippen LogP contribution in [0.2, 0.25) is 0 Å². The lowest BCUT2D eigenvalue weighted by atomic mass is 9.85. The summed E-state index contributed by atoms with van der Waals surface area (Å²) in [5.41, 5.74) is 20.1. The highest BCUT2D eigenvalue weighted by Crippen LogP contribution is 2.54. The minimum absolute atomic E-state index is 0.319. The molecule has 0 spiro atoms. The van der Waals surface area contributed by atoms with E-state index in [4.69, 9.17) is 47.6 Å². The van der Waals surface area contributed by atoms with E-state index < -0.39 is 0 Å². The standard InChI is InChI=1S/C45H29N3O.C42H23N3O2.C42H23N3OS/c1-45(2)36-17-9-7-16-33(36)41-42(45)46-43(30-19-20-32-31-15-8-10-18-39(31)49-40(32)25-30)47-44(41)48-37-23-28-13-5-3-11-26(28)21-34(37)35-22-27-12-4-6-14-29(27)24-38(35)48;1-2-11-26-22-34-32(21-25(26)10-1)38-28-12-4-3-9-24(28)18-20-33(38)45(34)41-39-31-14-6-8-16-36(31)47-42(39)44-40(43-41)27-17-19-30-29-13-5-7-15-35(29)46-37(30)23-27;1-3-11-26-21-34-32(19-24(26)9-1)33-20-25-10-2-4-12-27(25)22-35(33)45(34)41-39-31-14-6-8-16-38(31)47-42(39)44-40(43-41)28-17-18-30-29-13-5-7-15-36(29)46-37(30)23-28/h3-25H,1-2H3;2*1-23H. The van der Waals surface area contributed by atoms with Gasteiger partial charge in [-0.25, -0.2) is 24.9 Å². The second-order valence-corrected chi connectivity index (χ2v) is 39.3. The first-order valence-electron chi connectivity index (χ1n) is 48.3. The number of para-hydroxylation sites is 4. The fourth-order valence-corrected chi connectivity index (χ4v) is 24.2. The highest BCUT2D eigenvalue weighted by atomic mass is 32.1. The van der Waals surface area contributed by atoms with Crippen molar-refractivity contribution in [1.82, 2.24) is 43.6 Å². The highest BCUT2D eigenvalue weighted by molar-refractivity contribution is 7.25. The second-order valence-electron chi connectivity index (χ2n) is 38.3. The van der Waals surface area contributed by atoms with Crippen molar-refractivity contribution in [3.8, 4) is 62.7 Å². The predicted molar refractivity (Wildman–Crippen MR) is 590 cm³/mol. The Hall–Kier alpha value is -18.8. The van der Waals surface area contributed by atoms with Gasteiger partial charge in [0.1, 0.15) is 49.7 Å². The molecule has 33 rings (SSSR count). The summed E-state index contributed by atoms with van der Waals surface area (Å²) < 4.78 is 33.6. The third-order valence-electron chi connectivity index (χ3n) is 29.9. The molecule has 0 radical (unpaired) electrons. The number of aromatic nitrogens is 9. The lowest BCUT2D eigenvalue weighted by Gasteiger charge is -2.21. The van der Waals surface area contributed by atoms with Gasteiger partial charge in [0.05, 0.1) is 49.6 Å². The molecular weight excluding hydrogens is 1770 g/mol. The summed E-state index contributed by atoms with van der Waals surface area (Å²) in [6.07, 6.45) is 0. The van der Waals surface area contributed by atoms with Gasteiger partial charge >= 0.3 is 0 Å². The number of hydrogen-bond donors (Lipinski definition) is 0. The van der Waals surface area contributed by atoms with Crippen LogP contribution >= 0.6 is 11.3 Å². The van der Waals surface area contributed by atoms with Crippen molar-refractivity contribution in [1.29, 1.82) is 0 Å². The number of hydrogen-bond acceptors (Lipinski definition) is 11. The van der Waals surface area contributed by atoms with Crippen LogP contribution in [-0.2, 0) is 5.41 Å². The molecular formula is C129H75N9O4S. The van der Waals surface area contributed by atoms with E-state index in [0.717, 1.165) is 171 Å². The summed E-state index contributed by atoms with van der Waals surface area (Å²) in [4.78, 5) is 33.1. The summed E-state index contributed by atoms with van der Waals surface area (Å²) in [5, 5.41) is 32.4. The molecule has 32 aromatic rings. The predicted octanol–water partition coefficient (Wildman–Crippen LogP) is 34.9. The molecule has 0 saturated carbocycles. The van der Waals surface area contributed by atoms with Crippen LogP contribution in [0.5, 0.6) is 0 Å². The molecule has 14 heteroatoms. The minimum Gasteiger partial charge on any atom is -0.456 e. The highest BCUT2D eigenvalue weighted by Gasteiger charge is 2.41. The average molecular weight is 1850 g/mol. The van der Waals surface area contributed by atoms with E-state index in [1.54, 1.807) is 11.3 Å². The SMILES string of the molecule is CC1(C)c2ccccc2-c2c(-n3c4cc5ccccc5cc4c4cc5ccccc5cc43)nc(-c3ccc4c(c3)oc3ccccc34)nc21.c1ccc2cc3c(cc2c1)c1c2ccccc2ccc1n3-c1nc(-c2ccc3c(c2)oc2ccccc23)nc2oc3ccccc3c12.c1ccc2cc3c(cc2c1)c1cc2ccccc2cc1n3-c1nc(-c2ccc3c(c2)oc2ccccc23)nc2sc3ccccc3c12. The number of nitrogens with zero attached hydrogens (tertiary/aromatic N) is 9. The minimum atomic E-state index is -0.319. The topological polar surface area (TPSA) is 145 Å². The van der Waals surface area contributed by atoms with Gasteiger partial charge in [-0.1, -0.05) is 299 Å². The van der Waals surface area contributed by atoms with Gasteiger partial charge in [-0.05, 0) is 209 Å². The van der Waals surface area contributed by atoms with Gasteiger partial charge in [0.15, 0.2) is 29.1 Å². The monoisotopic (exact) mass is 1850 g/mol. The maximum Gasteiger partial charge on any atom is 0.233 e. The molecule has 0 saturated heterocycles. The van der Waals surface area contributed by atoms with E-state index >= 15 is 0 Å². The van der Waals surface area contributed by atoms with E-state index in [9.17, 15) is 0 Å². The summed E-state index contributed by atoms with van der Waals surface area (Å²) in [6, 6.07) is 148. The zero-order chi connectivity index (χ0) is 93.7. The third kappa shape index (κ3) is 12.0. The van der Waals surface area contributed by atoms with Crippen LogP contribution in [0.25, 0.3) is 301 Å². The Labute approximate surface area is 816 Å². The first-order valence-corrected chi connectivity index (χ1v) is 49.1. The molecule has 1 aliphatic rings. The molecule has 21 aromatic carbocycles. The molecule has 1 aliphatic carbocycles. The Bertz CT molecular complexity index is 10800. The summed E-state index contributed by atoms with van der Waals surface area (Å²) in [7, 11) is 0. The Kier molecular flexibility index (Phi) is 16.7. The molecule has 143 heavy (non-hydrogen) atoms. The molecule has 11 aromatic heterocycles. The van der Waals surface area contributed by atoms with Gasteiger partial charge < -0.3 is 17.7 Å². The van der Waals surface area contributed by atoms with Crippen molar-refractivity contribution in [3.63, 3.8) is 0 Å². The normalized spacial score (nSPS) is 12.7. The van der Waals surface area contributed by atoms with Crippen molar-refractivity contribution in [2.75, 3.05) is 0 Å². The lowest BCUT2D eigenvalue weighted by Crippen LogP contribution is -2.18. The molecule has 666 valence electrons. The van der Waals surface area contributed by atoms with Gasteiger partial charge in [-0.3, -0.25) is 13.7 Å². The molecule has 13 nitrogen and oxygen atoms in total. The largest absolute Gasteiger partial charge is 0.456 e. The molecule has 0 bridgehead atoms. The Balaban J connectivity index is 0.0000000981. The van der Waals surface area contributed by atoms with Crippen LogP contribution in [0.4, 0.5) is 0 Å². The number of rotatable bonds is 6. The smallest absolute Gasteiger partial charge is 0.233 e. The molecule has 0 fully saturated rings. The molecule has 0 atom stereocenters. The van der Waals surface area contributed by atoms with E-state index in [1.807, 2.05) is 72.8 Å². The zero-order valence-corrected chi connectivity index (χ0v) is 77.7. The lowest BCUT2D eigenvalue weighted by molar-refractivity contribution is 0.635. The summed E-state index contributed by atoms with van der Waals surface area (Å²) >= 11 is 1.72. The van der Waals surface area contributed by atoms with Crippen molar-refractivity contribution in [3.05, 3.63) is 430 Å². The number of thiophene rings is 1. The van der Waals surface area contributed by atoms with Gasteiger partial charge in [-0.2, -0.15) is 4.98 Å². The summed E-state index contributed by atoms with van der Waals surface area (Å²) in [6.45, 7) is 4.57. The zero-order valence-electron chi connectivity index (χ0n) is 76.9. The molecule has 0 aliphatic heterocycles. The van der Waals surface area contributed by atoms with Gasteiger partial charge in [0, 0.05) is 108 Å². The van der Waals surface area contributed by atoms with Crippen LogP contribution in [0.3, 0.4) is 0 Å². The van der Waals surface area contributed by atoms with Crippen LogP contribution in [0.1, 0.15) is 25.1 Å². The Morgan fingerprint density at radius 2 is 0.566 bits per heavy atom. The molecule has 0 N–H and O–H groups in total. The van der Waals surface area contributed by atoms with Crippen molar-refractivity contribution in [2.45, 2.75) is 19.3 Å². The molecule has 0 unspecified atom stereocenters. The fraction of sp³-hybridized carbons (Fsp3) is 0.0233. The first-order chi connectivity index (χ1) is 70.6. The molecule has 0 amide bonds. The Morgan fingerprint density at radius 3 is 1.05 bits per heavy atom. The van der Waals surface area contributed by atoms with E-state index in [0.29, 0.717) is 23.2 Å². The van der Waals surface area contributed by atoms with Gasteiger partial charge in [-0.15, -0.1) is 11.3 Å². The van der Waals surface area contributed by atoms with Gasteiger partial charge in [0.2, 0.25) is 5.71 Å². The van der Waals surface area contributed by atoms with Crippen LogP contribution < -0.4 is 0 Å². The maximum absolute atomic E-state index is 6.47. The van der Waals surface area contributed by atoms with E-state index in [2.05, 4.69) is 373 Å². The number of benzene rings is 21. The first kappa shape index (κ1) is 79.3. The number of fused-ring (bicyclic) bond motifs is 34. The fourth-order valence-electron chi connectivity index (χ4n) is 23.1. The van der Waals surface area contributed by atoms with Gasteiger partial charge in [0.25, 0.3) is 0 Å². The molecule has 11 heterocycles. The average Bonchev–Trinajstić information content (AvgIpc) is 1.59. The van der Waals surface area contributed by atoms with Crippen LogP contribution in [0, 0.1) is 0 Å². The quantitative estimate of drug-likeness (QED) is 0.158. The summed E-state index contributed by atoms with van der Waals surface area (Å²) in [5.74, 6) is 4.51. The Morgan fingerprint density at radius 1 is 0.224 bits per heavy atom. The van der Waals surface area contributed by atoms with Crippen molar-refractivity contribution >= 4 is 250 Å². The van der Waals surface area contributed by atoms with Crippen LogP contribution in [-0.4, -0.2) is 43.6 Å². The second kappa shape index (κ2) is 30.1. The van der Waals surface area contributed by atoms with Crippen molar-refractivity contribution in [2.24, 2.45) is 0 Å². The van der Waals surface area contributed by atoms with E-state index in [1.165, 1.54) is 118 Å².